The zero-order valence-electron chi connectivity index (χ0n) is 11.2. The lowest BCUT2D eigenvalue weighted by Crippen LogP contribution is -2.32. The van der Waals surface area contributed by atoms with E-state index in [0.29, 0.717) is 6.61 Å². The Labute approximate surface area is 111 Å². The summed E-state index contributed by atoms with van der Waals surface area (Å²) in [6, 6.07) is 2.81. The second-order valence-corrected chi connectivity index (χ2v) is 5.10. The third kappa shape index (κ3) is 3.00. The van der Waals surface area contributed by atoms with E-state index in [1.807, 2.05) is 6.92 Å². The first-order valence-corrected chi connectivity index (χ1v) is 6.62. The Morgan fingerprint density at radius 3 is 2.63 bits per heavy atom. The van der Waals surface area contributed by atoms with Crippen LogP contribution in [0.25, 0.3) is 0 Å². The smallest absolute Gasteiger partial charge is 0.169 e. The van der Waals surface area contributed by atoms with E-state index in [4.69, 9.17) is 4.74 Å². The van der Waals surface area contributed by atoms with Gasteiger partial charge in [0, 0.05) is 13.0 Å². The maximum atomic E-state index is 13.7. The average molecular weight is 268 g/mol. The molecular weight excluding hydrogens is 250 g/mol. The van der Waals surface area contributed by atoms with Gasteiger partial charge in [0.1, 0.15) is 0 Å². The summed E-state index contributed by atoms with van der Waals surface area (Å²) in [4.78, 5) is 11.9. The van der Waals surface area contributed by atoms with Gasteiger partial charge in [0.25, 0.3) is 0 Å². The van der Waals surface area contributed by atoms with Gasteiger partial charge in [-0.05, 0) is 44.2 Å². The molecule has 0 aliphatic heterocycles. The maximum Gasteiger partial charge on any atom is 0.169 e. The highest BCUT2D eigenvalue weighted by Gasteiger charge is 2.32. The molecule has 0 heterocycles. The highest BCUT2D eigenvalue weighted by molar-refractivity contribution is 5.96. The molecule has 104 valence electrons. The van der Waals surface area contributed by atoms with Crippen LogP contribution >= 0.6 is 0 Å². The summed E-state index contributed by atoms with van der Waals surface area (Å²) in [6.07, 6.45) is 2.15. The van der Waals surface area contributed by atoms with Crippen molar-refractivity contribution in [3.63, 3.8) is 0 Å². The molecule has 1 fully saturated rings. The van der Waals surface area contributed by atoms with Crippen molar-refractivity contribution in [2.75, 3.05) is 6.61 Å². The monoisotopic (exact) mass is 268 g/mol. The number of Topliss-reactive ketones (excluding diaryl/α,β-unsaturated/α-hetero) is 1. The summed E-state index contributed by atoms with van der Waals surface area (Å²) in [5.74, 6) is -2.04. The van der Waals surface area contributed by atoms with Gasteiger partial charge < -0.3 is 4.74 Å². The fourth-order valence-electron chi connectivity index (χ4n) is 2.45. The predicted molar refractivity (Wildman–Crippen MR) is 68.2 cm³/mol. The molecule has 4 heteroatoms. The first kappa shape index (κ1) is 14.1. The number of halogens is 2. The SMILES string of the molecule is CCOC1CC(CC(=O)c2ccc(C)c(F)c2F)C1. The van der Waals surface area contributed by atoms with Gasteiger partial charge in [-0.25, -0.2) is 8.78 Å². The molecule has 1 aromatic carbocycles. The van der Waals surface area contributed by atoms with Crippen molar-refractivity contribution in [3.8, 4) is 0 Å². The number of hydrogen-bond acceptors (Lipinski definition) is 2. The highest BCUT2D eigenvalue weighted by atomic mass is 19.2. The molecule has 0 spiro atoms. The molecule has 0 unspecified atom stereocenters. The lowest BCUT2D eigenvalue weighted by atomic mass is 9.78. The van der Waals surface area contributed by atoms with E-state index < -0.39 is 11.6 Å². The Balaban J connectivity index is 1.96. The van der Waals surface area contributed by atoms with Crippen LogP contribution in [0.2, 0.25) is 0 Å². The summed E-state index contributed by atoms with van der Waals surface area (Å²) in [7, 11) is 0. The molecule has 0 aromatic heterocycles. The van der Waals surface area contributed by atoms with E-state index in [-0.39, 0.29) is 35.4 Å². The fourth-order valence-corrected chi connectivity index (χ4v) is 2.45. The molecule has 2 rings (SSSR count). The summed E-state index contributed by atoms with van der Waals surface area (Å²) in [6.45, 7) is 4.08. The van der Waals surface area contributed by atoms with E-state index >= 15 is 0 Å². The number of carbonyl (C=O) groups excluding carboxylic acids is 1. The van der Waals surface area contributed by atoms with Crippen LogP contribution < -0.4 is 0 Å². The van der Waals surface area contributed by atoms with Crippen LogP contribution in [0.15, 0.2) is 12.1 Å². The van der Waals surface area contributed by atoms with E-state index in [9.17, 15) is 13.6 Å². The van der Waals surface area contributed by atoms with Crippen molar-refractivity contribution < 1.29 is 18.3 Å². The zero-order valence-corrected chi connectivity index (χ0v) is 11.2. The quantitative estimate of drug-likeness (QED) is 0.762. The Morgan fingerprint density at radius 2 is 2.00 bits per heavy atom. The van der Waals surface area contributed by atoms with Crippen molar-refractivity contribution in [2.45, 2.75) is 39.2 Å². The van der Waals surface area contributed by atoms with E-state index in [0.717, 1.165) is 12.8 Å². The lowest BCUT2D eigenvalue weighted by molar-refractivity contribution is -0.0246. The number of rotatable bonds is 5. The number of benzene rings is 1. The zero-order chi connectivity index (χ0) is 14.0. The van der Waals surface area contributed by atoms with Gasteiger partial charge in [-0.2, -0.15) is 0 Å². The number of aryl methyl sites for hydroxylation is 1. The minimum Gasteiger partial charge on any atom is -0.378 e. The predicted octanol–water partition coefficient (Wildman–Crippen LogP) is 3.66. The minimum absolute atomic E-state index is 0.136. The minimum atomic E-state index is -1.02. The summed E-state index contributed by atoms with van der Waals surface area (Å²) in [5, 5.41) is 0. The van der Waals surface area contributed by atoms with Crippen molar-refractivity contribution in [1.29, 1.82) is 0 Å². The molecule has 1 aliphatic rings. The Morgan fingerprint density at radius 1 is 1.32 bits per heavy atom. The second-order valence-electron chi connectivity index (χ2n) is 5.10. The molecule has 0 atom stereocenters. The normalized spacial score (nSPS) is 22.1. The lowest BCUT2D eigenvalue weighted by Gasteiger charge is -2.34. The third-order valence-electron chi connectivity index (χ3n) is 3.64. The molecule has 0 amide bonds. The molecule has 19 heavy (non-hydrogen) atoms. The second kappa shape index (κ2) is 5.78. The van der Waals surface area contributed by atoms with Gasteiger partial charge >= 0.3 is 0 Å². The Hall–Kier alpha value is -1.29. The highest BCUT2D eigenvalue weighted by Crippen LogP contribution is 2.34. The number of hydrogen-bond donors (Lipinski definition) is 0. The Bertz CT molecular complexity index is 479. The van der Waals surface area contributed by atoms with E-state index in [1.165, 1.54) is 19.1 Å². The third-order valence-corrected chi connectivity index (χ3v) is 3.64. The number of ether oxygens (including phenoxy) is 1. The topological polar surface area (TPSA) is 26.3 Å². The molecular formula is C15H18F2O2. The summed E-state index contributed by atoms with van der Waals surface area (Å²) in [5.41, 5.74) is 0.0806. The van der Waals surface area contributed by atoms with Gasteiger partial charge in [0.2, 0.25) is 0 Å². The van der Waals surface area contributed by atoms with Crippen molar-refractivity contribution >= 4 is 5.78 Å². The molecule has 0 N–H and O–H groups in total. The van der Waals surface area contributed by atoms with Gasteiger partial charge in [0.15, 0.2) is 17.4 Å². The van der Waals surface area contributed by atoms with Crippen LogP contribution in [-0.2, 0) is 4.74 Å². The average Bonchev–Trinajstić information content (AvgIpc) is 2.33. The van der Waals surface area contributed by atoms with Crippen LogP contribution in [0.5, 0.6) is 0 Å². The molecule has 0 radical (unpaired) electrons. The number of carbonyl (C=O) groups is 1. The fraction of sp³-hybridized carbons (Fsp3) is 0.533. The summed E-state index contributed by atoms with van der Waals surface area (Å²) >= 11 is 0. The van der Waals surface area contributed by atoms with Crippen LogP contribution in [0.3, 0.4) is 0 Å². The van der Waals surface area contributed by atoms with Crippen molar-refractivity contribution in [2.24, 2.45) is 5.92 Å². The van der Waals surface area contributed by atoms with Crippen molar-refractivity contribution in [3.05, 3.63) is 34.9 Å². The number of ketones is 1. The standard InChI is InChI=1S/C15H18F2O2/c1-3-19-11-6-10(7-11)8-13(18)12-5-4-9(2)14(16)15(12)17/h4-5,10-11H,3,6-8H2,1-2H3. The van der Waals surface area contributed by atoms with Crippen LogP contribution in [0.4, 0.5) is 8.78 Å². The van der Waals surface area contributed by atoms with Crippen molar-refractivity contribution in [1.82, 2.24) is 0 Å². The molecule has 0 saturated heterocycles. The van der Waals surface area contributed by atoms with E-state index in [1.54, 1.807) is 0 Å². The van der Waals surface area contributed by atoms with Gasteiger partial charge in [-0.15, -0.1) is 0 Å². The van der Waals surface area contributed by atoms with Gasteiger partial charge in [-0.3, -0.25) is 4.79 Å². The van der Waals surface area contributed by atoms with E-state index in [2.05, 4.69) is 0 Å². The maximum absolute atomic E-state index is 13.7. The first-order valence-electron chi connectivity index (χ1n) is 6.62. The molecule has 1 aliphatic carbocycles. The molecule has 1 aromatic rings. The Kier molecular flexibility index (Phi) is 4.30. The molecule has 0 bridgehead atoms. The van der Waals surface area contributed by atoms with Gasteiger partial charge in [0.05, 0.1) is 11.7 Å². The molecule has 1 saturated carbocycles. The summed E-state index contributed by atoms with van der Waals surface area (Å²) < 4.78 is 32.5. The van der Waals surface area contributed by atoms with Crippen LogP contribution in [0.1, 0.15) is 42.1 Å². The largest absolute Gasteiger partial charge is 0.378 e. The van der Waals surface area contributed by atoms with Crippen LogP contribution in [0, 0.1) is 24.5 Å². The first-order chi connectivity index (χ1) is 9.02. The van der Waals surface area contributed by atoms with Crippen LogP contribution in [-0.4, -0.2) is 18.5 Å². The van der Waals surface area contributed by atoms with Gasteiger partial charge in [-0.1, -0.05) is 6.07 Å². The molecule has 2 nitrogen and oxygen atoms in total.